The molecular formula is C8H11NO2. The van der Waals surface area contributed by atoms with E-state index in [9.17, 15) is 4.79 Å². The largest absolute Gasteiger partial charge is 0.478 e. The maximum Gasteiger partial charge on any atom is 0.327 e. The predicted octanol–water partition coefficient (Wildman–Crippen LogP) is 1.66. The van der Waals surface area contributed by atoms with E-state index in [2.05, 4.69) is 4.98 Å². The van der Waals surface area contributed by atoms with Gasteiger partial charge in [-0.2, -0.15) is 0 Å². The maximum atomic E-state index is 9.51. The number of allylic oxidation sites excluding steroid dienone is 1. The molecule has 0 radical (unpaired) electrons. The van der Waals surface area contributed by atoms with E-state index in [-0.39, 0.29) is 0 Å². The predicted molar refractivity (Wildman–Crippen MR) is 43.2 cm³/mol. The highest BCUT2D eigenvalue weighted by Crippen LogP contribution is 1.72. The second kappa shape index (κ2) is 6.61. The van der Waals surface area contributed by atoms with Crippen molar-refractivity contribution in [2.75, 3.05) is 0 Å². The summed E-state index contributed by atoms with van der Waals surface area (Å²) in [4.78, 5) is 12.4. The molecule has 0 saturated carbocycles. The van der Waals surface area contributed by atoms with Gasteiger partial charge in [0, 0.05) is 18.5 Å². The molecule has 0 unspecified atom stereocenters. The molecule has 0 atom stereocenters. The Morgan fingerprint density at radius 3 is 2.09 bits per heavy atom. The molecule has 0 aliphatic rings. The van der Waals surface area contributed by atoms with E-state index in [0.29, 0.717) is 0 Å². The molecule has 0 aliphatic heterocycles. The molecule has 0 amide bonds. The Labute approximate surface area is 65.4 Å². The molecule has 3 heteroatoms. The lowest BCUT2D eigenvalue weighted by Crippen LogP contribution is -1.83. The minimum atomic E-state index is -0.891. The van der Waals surface area contributed by atoms with Crippen molar-refractivity contribution in [3.05, 3.63) is 36.7 Å². The zero-order valence-corrected chi connectivity index (χ0v) is 6.32. The summed E-state index contributed by atoms with van der Waals surface area (Å²) in [5.41, 5.74) is 0. The third-order valence-corrected chi connectivity index (χ3v) is 0.805. The first kappa shape index (κ1) is 9.49. The molecule has 0 fully saturated rings. The topological polar surface area (TPSA) is 53.1 Å². The van der Waals surface area contributed by atoms with Gasteiger partial charge < -0.3 is 10.1 Å². The fourth-order valence-electron chi connectivity index (χ4n) is 0.420. The molecular weight excluding hydrogens is 142 g/mol. The zero-order valence-electron chi connectivity index (χ0n) is 6.32. The van der Waals surface area contributed by atoms with E-state index < -0.39 is 5.97 Å². The van der Waals surface area contributed by atoms with E-state index in [4.69, 9.17) is 5.11 Å². The lowest BCUT2D eigenvalue weighted by atomic mass is 10.5. The van der Waals surface area contributed by atoms with Gasteiger partial charge in [-0.3, -0.25) is 0 Å². The summed E-state index contributed by atoms with van der Waals surface area (Å²) in [6.07, 6.45) is 6.31. The van der Waals surface area contributed by atoms with Gasteiger partial charge in [-0.15, -0.1) is 0 Å². The number of hydrogen-bond donors (Lipinski definition) is 2. The first-order chi connectivity index (χ1) is 5.27. The van der Waals surface area contributed by atoms with Gasteiger partial charge in [0.25, 0.3) is 0 Å². The van der Waals surface area contributed by atoms with E-state index in [1.807, 2.05) is 24.5 Å². The Bertz CT molecular complexity index is 185. The number of carboxylic acid groups (broad SMARTS) is 1. The van der Waals surface area contributed by atoms with Crippen molar-refractivity contribution < 1.29 is 9.90 Å². The normalized spacial score (nSPS) is 8.82. The number of aromatic amines is 1. The molecule has 1 heterocycles. The third kappa shape index (κ3) is 8.49. The maximum absolute atomic E-state index is 9.51. The van der Waals surface area contributed by atoms with Crippen molar-refractivity contribution in [2.45, 2.75) is 6.92 Å². The van der Waals surface area contributed by atoms with E-state index in [1.165, 1.54) is 6.08 Å². The average molecular weight is 153 g/mol. The molecule has 11 heavy (non-hydrogen) atoms. The second-order valence-electron chi connectivity index (χ2n) is 1.72. The van der Waals surface area contributed by atoms with Crippen molar-refractivity contribution in [3.8, 4) is 0 Å². The number of aliphatic carboxylic acids is 1. The first-order valence-electron chi connectivity index (χ1n) is 3.20. The van der Waals surface area contributed by atoms with Crippen LogP contribution in [0.2, 0.25) is 0 Å². The monoisotopic (exact) mass is 153 g/mol. The smallest absolute Gasteiger partial charge is 0.327 e. The van der Waals surface area contributed by atoms with Gasteiger partial charge in [-0.25, -0.2) is 4.79 Å². The molecule has 3 nitrogen and oxygen atoms in total. The van der Waals surface area contributed by atoms with Crippen LogP contribution >= 0.6 is 0 Å². The molecule has 0 spiro atoms. The van der Waals surface area contributed by atoms with Crippen LogP contribution in [0.4, 0.5) is 0 Å². The number of aromatic nitrogens is 1. The first-order valence-corrected chi connectivity index (χ1v) is 3.20. The highest BCUT2D eigenvalue weighted by molar-refractivity contribution is 5.79. The van der Waals surface area contributed by atoms with E-state index >= 15 is 0 Å². The van der Waals surface area contributed by atoms with Gasteiger partial charge in [0.2, 0.25) is 0 Å². The van der Waals surface area contributed by atoms with Crippen LogP contribution in [0.1, 0.15) is 6.92 Å². The summed E-state index contributed by atoms with van der Waals surface area (Å²) in [6, 6.07) is 3.89. The lowest BCUT2D eigenvalue weighted by Gasteiger charge is -1.68. The molecule has 1 aromatic rings. The van der Waals surface area contributed by atoms with Crippen molar-refractivity contribution in [1.29, 1.82) is 0 Å². The molecule has 2 N–H and O–H groups in total. The molecule has 60 valence electrons. The third-order valence-electron chi connectivity index (χ3n) is 0.805. The van der Waals surface area contributed by atoms with Crippen LogP contribution in [-0.4, -0.2) is 16.1 Å². The molecule has 0 aliphatic carbocycles. The highest BCUT2D eigenvalue weighted by atomic mass is 16.4. The van der Waals surface area contributed by atoms with Gasteiger partial charge in [0.05, 0.1) is 0 Å². The number of hydrogen-bond acceptors (Lipinski definition) is 1. The average Bonchev–Trinajstić information content (AvgIpc) is 2.41. The summed E-state index contributed by atoms with van der Waals surface area (Å²) in [5, 5.41) is 7.83. The van der Waals surface area contributed by atoms with E-state index in [0.717, 1.165) is 6.08 Å². The van der Waals surface area contributed by atoms with Gasteiger partial charge >= 0.3 is 5.97 Å². The molecule has 0 aromatic carbocycles. The second-order valence-corrected chi connectivity index (χ2v) is 1.72. The molecule has 1 aromatic heterocycles. The number of carboxylic acids is 1. The van der Waals surface area contributed by atoms with Crippen molar-refractivity contribution >= 4 is 5.97 Å². The number of H-pyrrole nitrogens is 1. The summed E-state index contributed by atoms with van der Waals surface area (Å²) in [5.74, 6) is -0.891. The minimum Gasteiger partial charge on any atom is -0.478 e. The van der Waals surface area contributed by atoms with Crippen LogP contribution < -0.4 is 0 Å². The Hall–Kier alpha value is -1.51. The van der Waals surface area contributed by atoms with Crippen molar-refractivity contribution in [3.63, 3.8) is 0 Å². The molecule has 1 rings (SSSR count). The van der Waals surface area contributed by atoms with Gasteiger partial charge in [0.1, 0.15) is 0 Å². The zero-order chi connectivity index (χ0) is 8.53. The Kier molecular flexibility index (Phi) is 5.70. The minimum absolute atomic E-state index is 0.891. The van der Waals surface area contributed by atoms with Crippen LogP contribution in [0.15, 0.2) is 36.7 Å². The van der Waals surface area contributed by atoms with Crippen LogP contribution in [-0.2, 0) is 4.79 Å². The fourth-order valence-corrected chi connectivity index (χ4v) is 0.420. The highest BCUT2D eigenvalue weighted by Gasteiger charge is 1.76. The lowest BCUT2D eigenvalue weighted by molar-refractivity contribution is -0.131. The van der Waals surface area contributed by atoms with E-state index in [1.54, 1.807) is 6.92 Å². The number of rotatable bonds is 1. The van der Waals surface area contributed by atoms with Crippen molar-refractivity contribution in [2.24, 2.45) is 0 Å². The Balaban J connectivity index is 0.000000183. The van der Waals surface area contributed by atoms with Crippen LogP contribution in [0, 0.1) is 0 Å². The number of carbonyl (C=O) groups is 1. The quantitative estimate of drug-likeness (QED) is 0.603. The summed E-state index contributed by atoms with van der Waals surface area (Å²) < 4.78 is 0. The Morgan fingerprint density at radius 1 is 1.45 bits per heavy atom. The number of nitrogens with one attached hydrogen (secondary N) is 1. The standard InChI is InChI=1S/C4H5N.C4H6O2/c1-2-4-5-3-1;1-2-3-4(5)6/h1-5H;2-3H,1H3,(H,5,6). The summed E-state index contributed by atoms with van der Waals surface area (Å²) in [7, 11) is 0. The van der Waals surface area contributed by atoms with Gasteiger partial charge in [0.15, 0.2) is 0 Å². The molecule has 0 bridgehead atoms. The van der Waals surface area contributed by atoms with Crippen LogP contribution in [0.25, 0.3) is 0 Å². The summed E-state index contributed by atoms with van der Waals surface area (Å²) >= 11 is 0. The van der Waals surface area contributed by atoms with Crippen LogP contribution in [0.5, 0.6) is 0 Å². The fraction of sp³-hybridized carbons (Fsp3) is 0.125. The summed E-state index contributed by atoms with van der Waals surface area (Å²) in [6.45, 7) is 1.66. The van der Waals surface area contributed by atoms with Gasteiger partial charge in [-0.05, 0) is 19.1 Å². The Morgan fingerprint density at radius 2 is 2.00 bits per heavy atom. The molecule has 0 saturated heterocycles. The van der Waals surface area contributed by atoms with Gasteiger partial charge in [-0.1, -0.05) is 6.08 Å². The SMILES string of the molecule is CC=CC(=O)O.c1cc[nH]c1. The van der Waals surface area contributed by atoms with Crippen LogP contribution in [0.3, 0.4) is 0 Å². The van der Waals surface area contributed by atoms with Crippen molar-refractivity contribution in [1.82, 2.24) is 4.98 Å².